The average Bonchev–Trinajstić information content (AvgIpc) is 2.69. The molecule has 0 aromatic rings. The minimum absolute atomic E-state index is 0.223. The summed E-state index contributed by atoms with van der Waals surface area (Å²) >= 11 is 3.64. The maximum Gasteiger partial charge on any atom is 0.0807 e. The van der Waals surface area contributed by atoms with Crippen LogP contribution in [0.25, 0.3) is 0 Å². The summed E-state index contributed by atoms with van der Waals surface area (Å²) in [5.41, 5.74) is 0.223. The first-order chi connectivity index (χ1) is 6.37. The lowest BCUT2D eigenvalue weighted by atomic mass is 9.76. The smallest absolute Gasteiger partial charge is 0.0807 e. The maximum absolute atomic E-state index is 5.98. The minimum atomic E-state index is 0.223. The van der Waals surface area contributed by atoms with Gasteiger partial charge >= 0.3 is 0 Å². The van der Waals surface area contributed by atoms with Gasteiger partial charge in [0.2, 0.25) is 0 Å². The summed E-state index contributed by atoms with van der Waals surface area (Å²) in [7, 11) is 0. The van der Waals surface area contributed by atoms with Gasteiger partial charge in [-0.25, -0.2) is 0 Å². The van der Waals surface area contributed by atoms with Crippen LogP contribution in [0.2, 0.25) is 0 Å². The van der Waals surface area contributed by atoms with E-state index >= 15 is 0 Å². The van der Waals surface area contributed by atoms with Crippen LogP contribution < -0.4 is 0 Å². The van der Waals surface area contributed by atoms with Gasteiger partial charge in [-0.1, -0.05) is 35.2 Å². The molecule has 1 atom stereocenters. The van der Waals surface area contributed by atoms with E-state index < -0.39 is 0 Å². The van der Waals surface area contributed by atoms with Crippen molar-refractivity contribution >= 4 is 15.9 Å². The largest absolute Gasteiger partial charge is 0.374 e. The molecule has 1 nitrogen and oxygen atoms in total. The highest BCUT2D eigenvalue weighted by atomic mass is 79.9. The number of rotatable bonds is 2. The number of ether oxygens (including phenoxy) is 1. The van der Waals surface area contributed by atoms with Crippen LogP contribution in [0.15, 0.2) is 0 Å². The van der Waals surface area contributed by atoms with Gasteiger partial charge in [-0.05, 0) is 31.6 Å². The van der Waals surface area contributed by atoms with Gasteiger partial charge < -0.3 is 4.74 Å². The van der Waals surface area contributed by atoms with Crippen molar-refractivity contribution in [3.63, 3.8) is 0 Å². The summed E-state index contributed by atoms with van der Waals surface area (Å²) in [5.74, 6) is 0.836. The van der Waals surface area contributed by atoms with Crippen LogP contribution in [0, 0.1) is 5.92 Å². The van der Waals surface area contributed by atoms with Crippen molar-refractivity contribution in [2.75, 3.05) is 11.9 Å². The fourth-order valence-corrected chi connectivity index (χ4v) is 3.78. The van der Waals surface area contributed by atoms with Crippen molar-refractivity contribution in [1.82, 2.24) is 0 Å². The Morgan fingerprint density at radius 1 is 1.15 bits per heavy atom. The predicted octanol–water partition coefficient (Wildman–Crippen LogP) is 3.51. The fourth-order valence-electron chi connectivity index (χ4n) is 2.88. The van der Waals surface area contributed by atoms with E-state index in [1.165, 1.54) is 44.9 Å². The van der Waals surface area contributed by atoms with Crippen LogP contribution in [0.5, 0.6) is 0 Å². The average molecular weight is 247 g/mol. The molecule has 0 aromatic heterocycles. The highest BCUT2D eigenvalue weighted by Gasteiger charge is 2.41. The van der Waals surface area contributed by atoms with Crippen LogP contribution in [-0.2, 0) is 4.74 Å². The molecule has 1 aliphatic heterocycles. The third kappa shape index (κ3) is 1.94. The minimum Gasteiger partial charge on any atom is -0.374 e. The molecule has 1 heterocycles. The van der Waals surface area contributed by atoms with Gasteiger partial charge in [-0.15, -0.1) is 0 Å². The molecule has 2 rings (SSSR count). The van der Waals surface area contributed by atoms with Gasteiger partial charge in [0.15, 0.2) is 0 Å². The molecular weight excluding hydrogens is 228 g/mol. The number of halogens is 1. The Morgan fingerprint density at radius 2 is 1.92 bits per heavy atom. The zero-order valence-electron chi connectivity index (χ0n) is 8.23. The highest BCUT2D eigenvalue weighted by molar-refractivity contribution is 9.09. The second-order valence-corrected chi connectivity index (χ2v) is 5.05. The van der Waals surface area contributed by atoms with E-state index in [1.54, 1.807) is 0 Å². The number of hydrogen-bond donors (Lipinski definition) is 0. The monoisotopic (exact) mass is 246 g/mol. The molecule has 0 radical (unpaired) electrons. The first kappa shape index (κ1) is 9.97. The van der Waals surface area contributed by atoms with E-state index in [0.29, 0.717) is 0 Å². The summed E-state index contributed by atoms with van der Waals surface area (Å²) in [4.78, 5) is 0. The standard InChI is InChI=1S/C11H19BrO/c12-9-11(7-4-8-13-11)10-5-2-1-3-6-10/h10H,1-9H2. The van der Waals surface area contributed by atoms with Gasteiger partial charge in [-0.3, -0.25) is 0 Å². The van der Waals surface area contributed by atoms with Gasteiger partial charge in [-0.2, -0.15) is 0 Å². The summed E-state index contributed by atoms with van der Waals surface area (Å²) in [5, 5.41) is 1.05. The molecule has 0 bridgehead atoms. The third-order valence-corrected chi connectivity index (χ3v) is 4.66. The number of hydrogen-bond acceptors (Lipinski definition) is 1. The lowest BCUT2D eigenvalue weighted by Crippen LogP contribution is -2.40. The van der Waals surface area contributed by atoms with E-state index in [1.807, 2.05) is 0 Å². The molecule has 0 spiro atoms. The van der Waals surface area contributed by atoms with Crippen LogP contribution in [0.4, 0.5) is 0 Å². The van der Waals surface area contributed by atoms with E-state index in [4.69, 9.17) is 4.74 Å². The molecule has 1 unspecified atom stereocenters. The molecule has 0 N–H and O–H groups in total. The van der Waals surface area contributed by atoms with Gasteiger partial charge in [0, 0.05) is 11.9 Å². The van der Waals surface area contributed by atoms with E-state index in [9.17, 15) is 0 Å². The van der Waals surface area contributed by atoms with Crippen LogP contribution in [0.1, 0.15) is 44.9 Å². The summed E-state index contributed by atoms with van der Waals surface area (Å²) < 4.78 is 5.98. The van der Waals surface area contributed by atoms with Gasteiger partial charge in [0.1, 0.15) is 0 Å². The Kier molecular flexibility index (Phi) is 3.31. The van der Waals surface area contributed by atoms with Crippen molar-refractivity contribution < 1.29 is 4.74 Å². The fraction of sp³-hybridized carbons (Fsp3) is 1.00. The molecule has 76 valence electrons. The van der Waals surface area contributed by atoms with E-state index in [0.717, 1.165) is 17.9 Å². The highest BCUT2D eigenvalue weighted by Crippen LogP contribution is 2.42. The van der Waals surface area contributed by atoms with Gasteiger partial charge in [0.25, 0.3) is 0 Å². The summed E-state index contributed by atoms with van der Waals surface area (Å²) in [6.45, 7) is 0.988. The van der Waals surface area contributed by atoms with Crippen molar-refractivity contribution in [1.29, 1.82) is 0 Å². The van der Waals surface area contributed by atoms with Gasteiger partial charge in [0.05, 0.1) is 5.60 Å². The van der Waals surface area contributed by atoms with E-state index in [2.05, 4.69) is 15.9 Å². The molecule has 2 heteroatoms. The Morgan fingerprint density at radius 3 is 2.46 bits per heavy atom. The Bertz CT molecular complexity index is 157. The molecule has 1 saturated heterocycles. The molecule has 1 saturated carbocycles. The van der Waals surface area contributed by atoms with Crippen molar-refractivity contribution in [2.24, 2.45) is 5.92 Å². The topological polar surface area (TPSA) is 9.23 Å². The van der Waals surface area contributed by atoms with Crippen molar-refractivity contribution in [3.05, 3.63) is 0 Å². The summed E-state index contributed by atoms with van der Waals surface area (Å²) in [6.07, 6.45) is 9.61. The van der Waals surface area contributed by atoms with Crippen molar-refractivity contribution in [2.45, 2.75) is 50.5 Å². The predicted molar refractivity (Wildman–Crippen MR) is 58.3 cm³/mol. The second kappa shape index (κ2) is 4.31. The SMILES string of the molecule is BrCC1(C2CCCCC2)CCCO1. The van der Waals surface area contributed by atoms with Crippen LogP contribution in [-0.4, -0.2) is 17.5 Å². The lowest BCUT2D eigenvalue weighted by Gasteiger charge is -2.37. The first-order valence-electron chi connectivity index (χ1n) is 5.57. The quantitative estimate of drug-likeness (QED) is 0.678. The zero-order chi connectivity index (χ0) is 9.15. The van der Waals surface area contributed by atoms with Crippen LogP contribution >= 0.6 is 15.9 Å². The molecule has 0 aromatic carbocycles. The molecule has 0 amide bonds. The zero-order valence-corrected chi connectivity index (χ0v) is 9.81. The Hall–Kier alpha value is 0.440. The number of alkyl halides is 1. The van der Waals surface area contributed by atoms with Crippen molar-refractivity contribution in [3.8, 4) is 0 Å². The molecule has 2 fully saturated rings. The van der Waals surface area contributed by atoms with Crippen LogP contribution in [0.3, 0.4) is 0 Å². The lowest BCUT2D eigenvalue weighted by molar-refractivity contribution is -0.0358. The second-order valence-electron chi connectivity index (χ2n) is 4.49. The molecule has 1 aliphatic carbocycles. The molecule has 2 aliphatic rings. The third-order valence-electron chi connectivity index (χ3n) is 3.71. The summed E-state index contributed by atoms with van der Waals surface area (Å²) in [6, 6.07) is 0. The van der Waals surface area contributed by atoms with E-state index in [-0.39, 0.29) is 5.60 Å². The maximum atomic E-state index is 5.98. The first-order valence-corrected chi connectivity index (χ1v) is 6.69. The normalized spacial score (nSPS) is 36.7. The molecule has 13 heavy (non-hydrogen) atoms. The Labute approximate surface area is 89.4 Å². The molecular formula is C11H19BrO. The Balaban J connectivity index is 2.01.